The average Bonchev–Trinajstić information content (AvgIpc) is 1.61. The molecule has 0 aromatic carbocycles. The summed E-state index contributed by atoms with van der Waals surface area (Å²) < 4.78 is 0. The van der Waals surface area contributed by atoms with Crippen LogP contribution in [0.4, 0.5) is 0 Å². The van der Waals surface area contributed by atoms with Crippen LogP contribution >= 0.6 is 27.9 Å². The molecule has 0 rings (SSSR count). The third-order valence-corrected chi connectivity index (χ3v) is 2.20. The van der Waals surface area contributed by atoms with E-state index < -0.39 is 0 Å². The van der Waals surface area contributed by atoms with Gasteiger partial charge in [0.1, 0.15) is 0 Å². The van der Waals surface area contributed by atoms with Crippen LogP contribution in [-0.2, 0) is 0 Å². The summed E-state index contributed by atoms with van der Waals surface area (Å²) in [6.45, 7) is 7.62. The van der Waals surface area contributed by atoms with Gasteiger partial charge in [0.05, 0.1) is 0 Å². The van der Waals surface area contributed by atoms with Crippen LogP contribution in [0.1, 0.15) is 13.3 Å². The number of hydrogen-bond donors (Lipinski definition) is 0. The molecule has 0 heterocycles. The fourth-order valence-electron chi connectivity index (χ4n) is 0.230. The van der Waals surface area contributed by atoms with Crippen LogP contribution in [0.25, 0.3) is 0 Å². The van der Waals surface area contributed by atoms with Gasteiger partial charge in [0.25, 0.3) is 0 Å². The molecule has 0 amide bonds. The van der Waals surface area contributed by atoms with E-state index in [1.54, 1.807) is 0 Å². The quantitative estimate of drug-likeness (QED) is 0.497. The summed E-state index contributed by atoms with van der Waals surface area (Å²) in [4.78, 5) is 0. The van der Waals surface area contributed by atoms with Crippen molar-refractivity contribution in [3.63, 3.8) is 0 Å². The van der Waals surface area contributed by atoms with Crippen LogP contribution in [0.15, 0.2) is 0 Å². The Bertz CT molecular complexity index is 145. The molecule has 0 atom stereocenters. The number of hydrogen-bond acceptors (Lipinski definition) is 0. The van der Waals surface area contributed by atoms with Gasteiger partial charge >= 0.3 is 60.3 Å². The van der Waals surface area contributed by atoms with E-state index in [4.69, 9.17) is 6.53 Å². The van der Waals surface area contributed by atoms with E-state index in [1.807, 2.05) is 0 Å². The first kappa shape index (κ1) is 8.08. The van der Waals surface area contributed by atoms with Crippen LogP contribution in [0.3, 0.4) is 0 Å². The van der Waals surface area contributed by atoms with Gasteiger partial charge in [-0.15, -0.1) is 0 Å². The van der Waals surface area contributed by atoms with Crippen molar-refractivity contribution in [2.75, 3.05) is 0 Å². The van der Waals surface area contributed by atoms with Crippen molar-refractivity contribution in [1.29, 1.82) is 0 Å². The minimum atomic E-state index is 0.0296. The molecule has 0 spiro atoms. The van der Waals surface area contributed by atoms with E-state index in [2.05, 4.69) is 34.3 Å². The van der Waals surface area contributed by atoms with E-state index in [1.165, 1.54) is 6.42 Å². The topological polar surface area (TPSA) is 0 Å². The molecule has 0 aromatic rings. The Morgan fingerprint density at radius 3 is 2.57 bits per heavy atom. The summed E-state index contributed by atoms with van der Waals surface area (Å²) in [5.74, 6) is 0. The van der Waals surface area contributed by atoms with Crippen molar-refractivity contribution in [3.05, 3.63) is 0 Å². The predicted octanol–water partition coefficient (Wildman–Crippen LogP) is 2.14. The zero-order valence-electron chi connectivity index (χ0n) is 4.36. The molecule has 0 radical (unpaired) electrons. The molecule has 7 heavy (non-hydrogen) atoms. The van der Waals surface area contributed by atoms with E-state index in [9.17, 15) is 0 Å². The first-order valence-corrected chi connectivity index (χ1v) is 6.13. The Morgan fingerprint density at radius 1 is 1.86 bits per heavy atom. The predicted molar refractivity (Wildman–Crippen MR) is 48.2 cm³/mol. The van der Waals surface area contributed by atoms with Crippen molar-refractivity contribution in [3.8, 4) is 0 Å². The van der Waals surface area contributed by atoms with E-state index in [0.29, 0.717) is 0 Å². The molecule has 0 saturated carbocycles. The first-order valence-electron chi connectivity index (χ1n) is 2.24. The summed E-state index contributed by atoms with van der Waals surface area (Å²) in [5, 5.41) is 0. The molecule has 0 aliphatic carbocycles. The molecule has 0 fully saturated rings. The van der Waals surface area contributed by atoms with Gasteiger partial charge in [0, 0.05) is 0 Å². The molecular weight excluding hydrogens is 217 g/mol. The Balaban J connectivity index is 3.35. The second-order valence-electron chi connectivity index (χ2n) is 1.27. The van der Waals surface area contributed by atoms with Gasteiger partial charge in [-0.1, -0.05) is 0 Å². The summed E-state index contributed by atoms with van der Waals surface area (Å²) in [6.07, 6.45) is 4.51. The second-order valence-corrected chi connectivity index (χ2v) is 5.28. The molecule has 4 heteroatoms. The Morgan fingerprint density at radius 2 is 2.43 bits per heavy atom. The molecular formula is C3H7B2IS. The summed E-state index contributed by atoms with van der Waals surface area (Å²) >= 11 is 2.22. The maximum absolute atomic E-state index is 5.44. The monoisotopic (exact) mass is 224 g/mol. The van der Waals surface area contributed by atoms with E-state index in [-0.39, 0.29) is 6.73 Å². The van der Waals surface area contributed by atoms with Gasteiger partial charge in [-0.05, 0) is 0 Å². The second kappa shape index (κ2) is 5.22. The Labute approximate surface area is 60.2 Å². The van der Waals surface area contributed by atoms with Crippen LogP contribution < -0.4 is 0 Å². The number of halogens is 1. The van der Waals surface area contributed by atoms with Crippen LogP contribution in [-0.4, -0.2) is 12.7 Å². The molecule has 0 unspecified atom stereocenters. The third kappa shape index (κ3) is 7.08. The molecule has 0 saturated heterocycles. The van der Waals surface area contributed by atoms with Crippen LogP contribution in [0.5, 0.6) is 0 Å². The summed E-state index contributed by atoms with van der Waals surface area (Å²) in [5.41, 5.74) is 0. The molecule has 0 nitrogen and oxygen atoms in total. The van der Waals surface area contributed by atoms with Crippen molar-refractivity contribution >= 4 is 40.6 Å². The molecule has 0 aromatic heterocycles. The first-order chi connectivity index (χ1) is 3.27. The normalized spacial score (nSPS) is 11.1. The van der Waals surface area contributed by atoms with Crippen LogP contribution in [0.2, 0.25) is 6.32 Å². The maximum atomic E-state index is 5.44. The molecule has 38 valence electrons. The van der Waals surface area contributed by atoms with Crippen molar-refractivity contribution in [2.24, 2.45) is 0 Å². The minimum absolute atomic E-state index is 0.0296. The van der Waals surface area contributed by atoms with E-state index >= 15 is 0 Å². The zero-order valence-corrected chi connectivity index (χ0v) is 7.33. The number of rotatable bonds is 2. The molecule has 0 bridgehead atoms. The van der Waals surface area contributed by atoms with Crippen LogP contribution in [0, 0.1) is 0 Å². The SMILES string of the molecule is B#S(I)=BCCC. The van der Waals surface area contributed by atoms with Gasteiger partial charge in [0.15, 0.2) is 0 Å². The molecule has 0 aliphatic heterocycles. The van der Waals surface area contributed by atoms with Gasteiger partial charge in [-0.25, -0.2) is 0 Å². The fraction of sp³-hybridized carbons (Fsp3) is 1.00. The zero-order chi connectivity index (χ0) is 5.70. The van der Waals surface area contributed by atoms with Crippen molar-refractivity contribution in [2.45, 2.75) is 19.7 Å². The third-order valence-electron chi connectivity index (χ3n) is 0.566. The fourth-order valence-corrected chi connectivity index (χ4v) is 1.45. The summed E-state index contributed by atoms with van der Waals surface area (Å²) in [7, 11) is 0. The molecule has 0 N–H and O–H groups in total. The Hall–Kier alpha value is 1.08. The van der Waals surface area contributed by atoms with Gasteiger partial charge in [0.2, 0.25) is 0 Å². The van der Waals surface area contributed by atoms with Gasteiger partial charge in [-0.2, -0.15) is 0 Å². The molecule has 0 aliphatic rings. The Kier molecular flexibility index (Phi) is 6.03. The van der Waals surface area contributed by atoms with Crippen molar-refractivity contribution in [1.82, 2.24) is 0 Å². The van der Waals surface area contributed by atoms with E-state index in [0.717, 1.165) is 6.32 Å². The summed E-state index contributed by atoms with van der Waals surface area (Å²) in [6, 6.07) is 0. The standard InChI is InChI=1S/C3H7B2IS/c1-2-3-5-7(4)6/h2-3H2,1H3. The van der Waals surface area contributed by atoms with Gasteiger partial charge < -0.3 is 0 Å². The van der Waals surface area contributed by atoms with Gasteiger partial charge in [-0.3, -0.25) is 0 Å². The van der Waals surface area contributed by atoms with Crippen molar-refractivity contribution < 1.29 is 0 Å². The average molecular weight is 224 g/mol.